The van der Waals surface area contributed by atoms with E-state index in [2.05, 4.69) is 37.3 Å². The molecule has 0 saturated carbocycles. The number of anilines is 1. The molecule has 5 rings (SSSR count). The fraction of sp³-hybridized carbons (Fsp3) is 0.296. The van der Waals surface area contributed by atoms with Crippen molar-refractivity contribution in [1.82, 2.24) is 29.9 Å². The lowest BCUT2D eigenvalue weighted by atomic mass is 10.2. The normalized spacial score (nSPS) is 13.8. The Kier molecular flexibility index (Phi) is 6.99. The van der Waals surface area contributed by atoms with E-state index in [4.69, 9.17) is 0 Å². The van der Waals surface area contributed by atoms with E-state index in [0.717, 1.165) is 41.4 Å². The van der Waals surface area contributed by atoms with E-state index < -0.39 is 0 Å². The van der Waals surface area contributed by atoms with Crippen molar-refractivity contribution in [3.63, 3.8) is 0 Å². The van der Waals surface area contributed by atoms with Gasteiger partial charge in [-0.15, -0.1) is 5.10 Å². The van der Waals surface area contributed by atoms with Crippen molar-refractivity contribution in [2.45, 2.75) is 31.7 Å². The highest BCUT2D eigenvalue weighted by molar-refractivity contribution is 7.98. The number of rotatable bonds is 6. The number of hydrogen-bond donors (Lipinski definition) is 0. The molecule has 0 spiro atoms. The molecule has 2 aromatic carbocycles. The highest BCUT2D eigenvalue weighted by Gasteiger charge is 2.28. The van der Waals surface area contributed by atoms with Crippen molar-refractivity contribution in [2.75, 3.05) is 31.1 Å². The molecule has 1 aliphatic heterocycles. The molecule has 184 valence electrons. The van der Waals surface area contributed by atoms with Gasteiger partial charge in [0, 0.05) is 49.0 Å². The van der Waals surface area contributed by atoms with Gasteiger partial charge in [0.1, 0.15) is 0 Å². The fourth-order valence-corrected chi connectivity index (χ4v) is 5.28. The van der Waals surface area contributed by atoms with Crippen LogP contribution in [0.4, 0.5) is 5.69 Å². The summed E-state index contributed by atoms with van der Waals surface area (Å²) in [5, 5.41) is 9.44. The number of aromatic nitrogens is 5. The van der Waals surface area contributed by atoms with E-state index in [9.17, 15) is 4.79 Å². The number of benzene rings is 2. The zero-order chi connectivity index (χ0) is 25.1. The van der Waals surface area contributed by atoms with Crippen molar-refractivity contribution < 1.29 is 4.79 Å². The van der Waals surface area contributed by atoms with Crippen LogP contribution >= 0.6 is 11.8 Å². The van der Waals surface area contributed by atoms with Gasteiger partial charge in [-0.05, 0) is 51.1 Å². The van der Waals surface area contributed by atoms with Crippen LogP contribution in [0.15, 0.2) is 65.8 Å². The second-order valence-corrected chi connectivity index (χ2v) is 9.91. The van der Waals surface area contributed by atoms with Crippen LogP contribution in [0, 0.1) is 20.8 Å². The molecule has 36 heavy (non-hydrogen) atoms. The molecule has 2 aromatic heterocycles. The number of nitrogens with zero attached hydrogens (tertiary/aromatic N) is 7. The molecule has 1 aliphatic rings. The van der Waals surface area contributed by atoms with Gasteiger partial charge in [-0.2, -0.15) is 0 Å². The maximum absolute atomic E-state index is 13.6. The molecule has 3 heterocycles. The quantitative estimate of drug-likeness (QED) is 0.290. The molecule has 1 amide bonds. The van der Waals surface area contributed by atoms with E-state index in [1.807, 2.05) is 74.2 Å². The summed E-state index contributed by atoms with van der Waals surface area (Å²) in [6.07, 6.45) is 0. The van der Waals surface area contributed by atoms with E-state index in [-0.39, 0.29) is 5.91 Å². The Morgan fingerprint density at radius 2 is 1.53 bits per heavy atom. The fourth-order valence-electron chi connectivity index (χ4n) is 4.34. The Morgan fingerprint density at radius 1 is 0.861 bits per heavy atom. The Balaban J connectivity index is 1.39. The van der Waals surface area contributed by atoms with E-state index in [1.54, 1.807) is 4.68 Å². The van der Waals surface area contributed by atoms with Crippen molar-refractivity contribution in [2.24, 2.45) is 0 Å². The topological polar surface area (TPSA) is 80.0 Å². The first-order chi connectivity index (χ1) is 17.5. The van der Waals surface area contributed by atoms with E-state index in [0.29, 0.717) is 29.7 Å². The summed E-state index contributed by atoms with van der Waals surface area (Å²) in [4.78, 5) is 26.9. The third-order valence-corrected chi connectivity index (χ3v) is 7.09. The van der Waals surface area contributed by atoms with Crippen LogP contribution in [-0.4, -0.2) is 61.9 Å². The Hall–Kier alpha value is -3.72. The Morgan fingerprint density at radius 3 is 2.19 bits per heavy atom. The monoisotopic (exact) mass is 499 g/mol. The van der Waals surface area contributed by atoms with Crippen LogP contribution in [0.3, 0.4) is 0 Å². The average Bonchev–Trinajstić information content (AvgIpc) is 3.31. The summed E-state index contributed by atoms with van der Waals surface area (Å²) >= 11 is 1.49. The minimum Gasteiger partial charge on any atom is -0.368 e. The number of carbonyl (C=O) groups is 1. The summed E-state index contributed by atoms with van der Waals surface area (Å²) in [5.74, 6) is 0.396. The van der Waals surface area contributed by atoms with Crippen LogP contribution in [0.25, 0.3) is 5.69 Å². The molecular weight excluding hydrogens is 470 g/mol. The third-order valence-electron chi connectivity index (χ3n) is 6.23. The van der Waals surface area contributed by atoms with Crippen LogP contribution in [0.5, 0.6) is 0 Å². The molecule has 0 unspecified atom stereocenters. The summed E-state index contributed by atoms with van der Waals surface area (Å²) < 4.78 is 1.77. The van der Waals surface area contributed by atoms with Crippen LogP contribution in [-0.2, 0) is 5.75 Å². The number of thioether (sulfide) groups is 1. The molecule has 0 aliphatic carbocycles. The van der Waals surface area contributed by atoms with Gasteiger partial charge in [-0.3, -0.25) is 4.79 Å². The zero-order valence-corrected chi connectivity index (χ0v) is 21.6. The Labute approximate surface area is 215 Å². The number of hydrogen-bond acceptors (Lipinski definition) is 7. The number of carbonyl (C=O) groups excluding carboxylic acids is 1. The smallest absolute Gasteiger partial charge is 0.276 e. The minimum atomic E-state index is -0.0852. The predicted octanol–water partition coefficient (Wildman–Crippen LogP) is 4.24. The van der Waals surface area contributed by atoms with Crippen molar-refractivity contribution in [1.29, 1.82) is 0 Å². The van der Waals surface area contributed by atoms with E-state index >= 15 is 0 Å². The third kappa shape index (κ3) is 5.26. The minimum absolute atomic E-state index is 0.0852. The lowest BCUT2D eigenvalue weighted by molar-refractivity contribution is 0.0740. The molecule has 1 fully saturated rings. The molecule has 1 saturated heterocycles. The first-order valence-corrected chi connectivity index (χ1v) is 13.0. The summed E-state index contributed by atoms with van der Waals surface area (Å²) in [5.41, 5.74) is 6.19. The first kappa shape index (κ1) is 24.0. The summed E-state index contributed by atoms with van der Waals surface area (Å²) in [6.45, 7) is 8.80. The van der Waals surface area contributed by atoms with Crippen LogP contribution < -0.4 is 4.90 Å². The van der Waals surface area contributed by atoms with Gasteiger partial charge >= 0.3 is 0 Å². The molecule has 9 heteroatoms. The van der Waals surface area contributed by atoms with Crippen LogP contribution in [0.1, 0.15) is 33.1 Å². The highest BCUT2D eigenvalue weighted by atomic mass is 32.2. The molecule has 0 N–H and O–H groups in total. The van der Waals surface area contributed by atoms with Crippen molar-refractivity contribution in [3.05, 3.63) is 89.0 Å². The number of amides is 1. The molecule has 0 atom stereocenters. The zero-order valence-electron chi connectivity index (χ0n) is 20.8. The van der Waals surface area contributed by atoms with Gasteiger partial charge in [0.15, 0.2) is 10.9 Å². The molecule has 0 radical (unpaired) electrons. The molecule has 4 aromatic rings. The Bertz CT molecular complexity index is 1330. The van der Waals surface area contributed by atoms with Gasteiger partial charge in [0.25, 0.3) is 5.91 Å². The standard InChI is InChI=1S/C27H29N7OS/c1-19-9-11-23(12-10-19)34-24(18-36-27-28-20(2)17-21(3)29-27)25(30-31-34)26(35)33-15-13-32(14-16-33)22-7-5-4-6-8-22/h4-12,17H,13-16,18H2,1-3H3. The van der Waals surface area contributed by atoms with Crippen LogP contribution in [0.2, 0.25) is 0 Å². The van der Waals surface area contributed by atoms with Gasteiger partial charge in [-0.1, -0.05) is 52.9 Å². The number of piperazine rings is 1. The maximum Gasteiger partial charge on any atom is 0.276 e. The van der Waals surface area contributed by atoms with Gasteiger partial charge < -0.3 is 9.80 Å². The van der Waals surface area contributed by atoms with Gasteiger partial charge in [0.05, 0.1) is 11.4 Å². The molecular formula is C27H29N7OS. The van der Waals surface area contributed by atoms with Crippen molar-refractivity contribution >= 4 is 23.4 Å². The van der Waals surface area contributed by atoms with Gasteiger partial charge in [0.2, 0.25) is 0 Å². The largest absolute Gasteiger partial charge is 0.368 e. The molecule has 0 bridgehead atoms. The second-order valence-electron chi connectivity index (χ2n) is 8.97. The molecule has 8 nitrogen and oxygen atoms in total. The van der Waals surface area contributed by atoms with Gasteiger partial charge in [-0.25, -0.2) is 14.6 Å². The maximum atomic E-state index is 13.6. The average molecular weight is 500 g/mol. The number of para-hydroxylation sites is 1. The second kappa shape index (κ2) is 10.5. The lowest BCUT2D eigenvalue weighted by Crippen LogP contribution is -2.49. The SMILES string of the molecule is Cc1ccc(-n2nnc(C(=O)N3CCN(c4ccccc4)CC3)c2CSc2nc(C)cc(C)n2)cc1. The summed E-state index contributed by atoms with van der Waals surface area (Å²) in [6, 6.07) is 20.3. The summed E-state index contributed by atoms with van der Waals surface area (Å²) in [7, 11) is 0. The lowest BCUT2D eigenvalue weighted by Gasteiger charge is -2.35. The van der Waals surface area contributed by atoms with E-state index in [1.165, 1.54) is 17.4 Å². The first-order valence-electron chi connectivity index (χ1n) is 12.0. The number of aryl methyl sites for hydroxylation is 3. The van der Waals surface area contributed by atoms with Crippen molar-refractivity contribution in [3.8, 4) is 5.69 Å². The highest BCUT2D eigenvalue weighted by Crippen LogP contribution is 2.25. The predicted molar refractivity (Wildman–Crippen MR) is 142 cm³/mol.